The van der Waals surface area contributed by atoms with Crippen LogP contribution in [0.4, 0.5) is 0 Å². The molecule has 2 aromatic heterocycles. The lowest BCUT2D eigenvalue weighted by Gasteiger charge is -2.06. The second-order valence-corrected chi connectivity index (χ2v) is 6.62. The molecule has 4 nitrogen and oxygen atoms in total. The summed E-state index contributed by atoms with van der Waals surface area (Å²) < 4.78 is 26.5. The lowest BCUT2D eigenvalue weighted by atomic mass is 10.2. The average Bonchev–Trinajstić information content (AvgIpc) is 2.72. The monoisotopic (exact) mass is 302 g/mol. The molecule has 0 unspecified atom stereocenters. The van der Waals surface area contributed by atoms with Gasteiger partial charge in [-0.3, -0.25) is 0 Å². The number of aryl methyl sites for hydroxylation is 1. The molecular weight excluding hydrogens is 292 g/mol. The molecule has 0 spiro atoms. The summed E-state index contributed by atoms with van der Waals surface area (Å²) in [5, 5.41) is 4.06. The fourth-order valence-corrected chi connectivity index (χ4v) is 3.49. The van der Waals surface area contributed by atoms with Crippen LogP contribution in [0.2, 0.25) is 5.15 Å². The first-order valence-electron chi connectivity index (χ1n) is 5.12. The summed E-state index contributed by atoms with van der Waals surface area (Å²) in [6.07, 6.45) is 1.37. The Morgan fingerprint density at radius 3 is 2.83 bits per heavy atom. The van der Waals surface area contributed by atoms with E-state index >= 15 is 0 Å². The number of pyridine rings is 1. The molecule has 0 fully saturated rings. The highest BCUT2D eigenvalue weighted by Crippen LogP contribution is 2.16. The highest BCUT2D eigenvalue weighted by molar-refractivity contribution is 7.89. The van der Waals surface area contributed by atoms with E-state index in [0.29, 0.717) is 0 Å². The SMILES string of the molecule is Cc1cscc1CNS(=O)(=O)c1ccnc(Cl)c1. The van der Waals surface area contributed by atoms with Crippen molar-refractivity contribution in [2.45, 2.75) is 18.4 Å². The number of aromatic nitrogens is 1. The van der Waals surface area contributed by atoms with Gasteiger partial charge in [0.05, 0.1) is 4.90 Å². The molecule has 0 saturated carbocycles. The molecule has 2 rings (SSSR count). The second kappa shape index (κ2) is 5.36. The first kappa shape index (κ1) is 13.5. The molecule has 0 saturated heterocycles. The van der Waals surface area contributed by atoms with Crippen molar-refractivity contribution >= 4 is 33.0 Å². The van der Waals surface area contributed by atoms with Gasteiger partial charge in [-0.15, -0.1) is 0 Å². The molecule has 0 aliphatic rings. The number of halogens is 1. The van der Waals surface area contributed by atoms with Gasteiger partial charge < -0.3 is 0 Å². The van der Waals surface area contributed by atoms with Gasteiger partial charge in [-0.05, 0) is 40.9 Å². The lowest BCUT2D eigenvalue weighted by molar-refractivity contribution is 0.581. The molecule has 0 radical (unpaired) electrons. The molecule has 0 aliphatic heterocycles. The predicted molar refractivity (Wildman–Crippen MR) is 72.3 cm³/mol. The maximum Gasteiger partial charge on any atom is 0.241 e. The van der Waals surface area contributed by atoms with Gasteiger partial charge in [0.15, 0.2) is 0 Å². The number of sulfonamides is 1. The summed E-state index contributed by atoms with van der Waals surface area (Å²) in [5.74, 6) is 0. The van der Waals surface area contributed by atoms with Crippen molar-refractivity contribution in [2.24, 2.45) is 0 Å². The molecule has 0 bridgehead atoms. The molecule has 1 N–H and O–H groups in total. The molecule has 0 aliphatic carbocycles. The molecule has 96 valence electrons. The van der Waals surface area contributed by atoms with Crippen LogP contribution in [0.25, 0.3) is 0 Å². The van der Waals surface area contributed by atoms with Gasteiger partial charge in [0.1, 0.15) is 5.15 Å². The molecular formula is C11H11ClN2O2S2. The summed E-state index contributed by atoms with van der Waals surface area (Å²) in [7, 11) is -3.55. The summed E-state index contributed by atoms with van der Waals surface area (Å²) in [4.78, 5) is 3.87. The average molecular weight is 303 g/mol. The Morgan fingerprint density at radius 1 is 1.44 bits per heavy atom. The minimum atomic E-state index is -3.55. The highest BCUT2D eigenvalue weighted by Gasteiger charge is 2.14. The Morgan fingerprint density at radius 2 is 2.22 bits per heavy atom. The van der Waals surface area contributed by atoms with Crippen LogP contribution in [-0.4, -0.2) is 13.4 Å². The van der Waals surface area contributed by atoms with Crippen molar-refractivity contribution in [1.29, 1.82) is 0 Å². The lowest BCUT2D eigenvalue weighted by Crippen LogP contribution is -2.23. The molecule has 0 aromatic carbocycles. The van der Waals surface area contributed by atoms with Crippen molar-refractivity contribution < 1.29 is 8.42 Å². The fourth-order valence-electron chi connectivity index (χ4n) is 1.38. The third-order valence-electron chi connectivity index (χ3n) is 2.42. The first-order chi connectivity index (χ1) is 8.49. The quantitative estimate of drug-likeness (QED) is 0.883. The number of hydrogen-bond acceptors (Lipinski definition) is 4. The predicted octanol–water partition coefficient (Wildman–Crippen LogP) is 2.58. The summed E-state index contributed by atoms with van der Waals surface area (Å²) in [5.41, 5.74) is 2.05. The zero-order chi connectivity index (χ0) is 13.2. The Hall–Kier alpha value is -0.950. The van der Waals surface area contributed by atoms with E-state index in [9.17, 15) is 8.42 Å². The van der Waals surface area contributed by atoms with Crippen molar-refractivity contribution in [2.75, 3.05) is 0 Å². The summed E-state index contributed by atoms with van der Waals surface area (Å²) in [6, 6.07) is 2.74. The molecule has 2 aromatic rings. The Kier molecular flexibility index (Phi) is 4.01. The number of rotatable bonds is 4. The number of nitrogens with zero attached hydrogens (tertiary/aromatic N) is 1. The van der Waals surface area contributed by atoms with E-state index in [1.54, 1.807) is 11.3 Å². The Balaban J connectivity index is 2.16. The molecule has 18 heavy (non-hydrogen) atoms. The minimum Gasteiger partial charge on any atom is -0.244 e. The molecule has 7 heteroatoms. The van der Waals surface area contributed by atoms with E-state index in [0.717, 1.165) is 11.1 Å². The Labute approximate surface area is 115 Å². The maximum absolute atomic E-state index is 12.0. The number of hydrogen-bond donors (Lipinski definition) is 1. The minimum absolute atomic E-state index is 0.121. The molecule has 0 amide bonds. The first-order valence-corrected chi connectivity index (χ1v) is 7.92. The van der Waals surface area contributed by atoms with E-state index in [1.807, 2.05) is 17.7 Å². The van der Waals surface area contributed by atoms with E-state index in [-0.39, 0.29) is 16.6 Å². The standard InChI is InChI=1S/C11H11ClN2O2S2/c1-8-6-17-7-9(8)5-14-18(15,16)10-2-3-13-11(12)4-10/h2-4,6-7,14H,5H2,1H3. The Bertz CT molecular complexity index is 653. The van der Waals surface area contributed by atoms with Gasteiger partial charge in [-0.1, -0.05) is 11.6 Å². The second-order valence-electron chi connectivity index (χ2n) is 3.72. The maximum atomic E-state index is 12.0. The van der Waals surface area contributed by atoms with E-state index in [4.69, 9.17) is 11.6 Å². The van der Waals surface area contributed by atoms with Crippen LogP contribution in [0.15, 0.2) is 34.0 Å². The van der Waals surface area contributed by atoms with Gasteiger partial charge >= 0.3 is 0 Å². The van der Waals surface area contributed by atoms with Crippen molar-refractivity contribution in [3.63, 3.8) is 0 Å². The number of nitrogens with one attached hydrogen (secondary N) is 1. The van der Waals surface area contributed by atoms with Gasteiger partial charge in [0.25, 0.3) is 0 Å². The van der Waals surface area contributed by atoms with Crippen molar-refractivity contribution in [1.82, 2.24) is 9.71 Å². The van der Waals surface area contributed by atoms with Gasteiger partial charge in [0.2, 0.25) is 10.0 Å². The largest absolute Gasteiger partial charge is 0.244 e. The van der Waals surface area contributed by atoms with Gasteiger partial charge in [-0.2, -0.15) is 11.3 Å². The highest BCUT2D eigenvalue weighted by atomic mass is 35.5. The normalized spacial score (nSPS) is 11.7. The topological polar surface area (TPSA) is 59.1 Å². The zero-order valence-electron chi connectivity index (χ0n) is 9.55. The van der Waals surface area contributed by atoms with Crippen LogP contribution < -0.4 is 4.72 Å². The summed E-state index contributed by atoms with van der Waals surface area (Å²) in [6.45, 7) is 2.22. The molecule has 0 atom stereocenters. The number of thiophene rings is 1. The van der Waals surface area contributed by atoms with Gasteiger partial charge in [0, 0.05) is 12.7 Å². The van der Waals surface area contributed by atoms with Gasteiger partial charge in [-0.25, -0.2) is 18.1 Å². The van der Waals surface area contributed by atoms with Crippen molar-refractivity contribution in [3.05, 3.63) is 45.4 Å². The molecule has 2 heterocycles. The van der Waals surface area contributed by atoms with Crippen LogP contribution in [-0.2, 0) is 16.6 Å². The van der Waals surface area contributed by atoms with E-state index in [2.05, 4.69) is 9.71 Å². The summed E-state index contributed by atoms with van der Waals surface area (Å²) >= 11 is 7.22. The van der Waals surface area contributed by atoms with E-state index in [1.165, 1.54) is 18.3 Å². The smallest absolute Gasteiger partial charge is 0.241 e. The fraction of sp³-hybridized carbons (Fsp3) is 0.182. The van der Waals surface area contributed by atoms with Crippen LogP contribution in [0.5, 0.6) is 0 Å². The van der Waals surface area contributed by atoms with Crippen molar-refractivity contribution in [3.8, 4) is 0 Å². The van der Waals surface area contributed by atoms with Crippen LogP contribution >= 0.6 is 22.9 Å². The van der Waals surface area contributed by atoms with Crippen LogP contribution in [0.1, 0.15) is 11.1 Å². The van der Waals surface area contributed by atoms with Crippen LogP contribution in [0.3, 0.4) is 0 Å². The third kappa shape index (κ3) is 3.08. The zero-order valence-corrected chi connectivity index (χ0v) is 11.9. The van der Waals surface area contributed by atoms with E-state index < -0.39 is 10.0 Å². The van der Waals surface area contributed by atoms with Crippen LogP contribution in [0, 0.1) is 6.92 Å². The third-order valence-corrected chi connectivity index (χ3v) is 4.94.